The highest BCUT2D eigenvalue weighted by molar-refractivity contribution is 5.82. The first-order valence-electron chi connectivity index (χ1n) is 5.24. The summed E-state index contributed by atoms with van der Waals surface area (Å²) in [6.45, 7) is 2.26. The van der Waals surface area contributed by atoms with Gasteiger partial charge in [0, 0.05) is 12.5 Å². The molecule has 5 heteroatoms. The van der Waals surface area contributed by atoms with Gasteiger partial charge in [0.1, 0.15) is 0 Å². The van der Waals surface area contributed by atoms with Crippen LogP contribution in [0, 0.1) is 0 Å². The zero-order valence-corrected chi connectivity index (χ0v) is 10.1. The molecule has 0 radical (unpaired) electrons. The minimum absolute atomic E-state index is 0.0844. The molecule has 0 atom stereocenters. The Kier molecular flexibility index (Phi) is 8.15. The van der Waals surface area contributed by atoms with Crippen LogP contribution >= 0.6 is 0 Å². The molecule has 0 unspecified atom stereocenters. The summed E-state index contributed by atoms with van der Waals surface area (Å²) in [6, 6.07) is 0. The molecule has 0 aromatic heterocycles. The molecule has 1 amide bonds. The van der Waals surface area contributed by atoms with Gasteiger partial charge in [-0.15, -0.1) is 0 Å². The SMILES string of the molecule is CCCCC(=O)N(C/C=C/C(=O)OC)OC. The largest absolute Gasteiger partial charge is 0.466 e. The molecule has 0 saturated carbocycles. The molecule has 0 aromatic rings. The maximum Gasteiger partial charge on any atom is 0.330 e. The third kappa shape index (κ3) is 6.19. The molecule has 0 heterocycles. The summed E-state index contributed by atoms with van der Waals surface area (Å²) < 4.78 is 4.42. The number of hydroxylamine groups is 2. The Morgan fingerprint density at radius 1 is 1.31 bits per heavy atom. The molecule has 0 saturated heterocycles. The van der Waals surface area contributed by atoms with E-state index >= 15 is 0 Å². The topological polar surface area (TPSA) is 55.8 Å². The molecule has 5 nitrogen and oxygen atoms in total. The number of esters is 1. The van der Waals surface area contributed by atoms with Crippen LogP contribution in [0.5, 0.6) is 0 Å². The second-order valence-electron chi connectivity index (χ2n) is 3.17. The molecule has 0 aliphatic heterocycles. The zero-order valence-electron chi connectivity index (χ0n) is 10.1. The minimum atomic E-state index is -0.447. The number of unbranched alkanes of at least 4 members (excludes halogenated alkanes) is 1. The number of ether oxygens (including phenoxy) is 1. The van der Waals surface area contributed by atoms with Crippen molar-refractivity contribution < 1.29 is 19.2 Å². The van der Waals surface area contributed by atoms with Gasteiger partial charge in [-0.05, 0) is 6.42 Å². The average molecular weight is 229 g/mol. The molecular weight excluding hydrogens is 210 g/mol. The molecular formula is C11H19NO4. The van der Waals surface area contributed by atoms with Crippen molar-refractivity contribution in [3.8, 4) is 0 Å². The van der Waals surface area contributed by atoms with Gasteiger partial charge in [0.05, 0.1) is 20.8 Å². The van der Waals surface area contributed by atoms with Crippen LogP contribution in [0.3, 0.4) is 0 Å². The number of hydrogen-bond donors (Lipinski definition) is 0. The number of hydrogen-bond acceptors (Lipinski definition) is 4. The Morgan fingerprint density at radius 3 is 2.50 bits per heavy atom. The van der Waals surface area contributed by atoms with Crippen molar-refractivity contribution in [2.75, 3.05) is 20.8 Å². The van der Waals surface area contributed by atoms with Gasteiger partial charge < -0.3 is 4.74 Å². The maximum absolute atomic E-state index is 11.5. The van der Waals surface area contributed by atoms with E-state index < -0.39 is 5.97 Å². The van der Waals surface area contributed by atoms with Crippen molar-refractivity contribution in [3.63, 3.8) is 0 Å². The number of amides is 1. The van der Waals surface area contributed by atoms with Crippen LogP contribution in [0.1, 0.15) is 26.2 Å². The lowest BCUT2D eigenvalue weighted by Gasteiger charge is -2.17. The van der Waals surface area contributed by atoms with Crippen LogP contribution in [-0.2, 0) is 19.2 Å². The second kappa shape index (κ2) is 8.91. The van der Waals surface area contributed by atoms with Crippen LogP contribution < -0.4 is 0 Å². The molecule has 0 fully saturated rings. The van der Waals surface area contributed by atoms with E-state index in [2.05, 4.69) is 4.74 Å². The number of carbonyl (C=O) groups is 2. The fourth-order valence-electron chi connectivity index (χ4n) is 1.04. The fourth-order valence-corrected chi connectivity index (χ4v) is 1.04. The Bertz CT molecular complexity index is 250. The molecule has 0 aliphatic carbocycles. The lowest BCUT2D eigenvalue weighted by molar-refractivity contribution is -0.173. The predicted octanol–water partition coefficient (Wildman–Crippen LogP) is 1.30. The number of rotatable bonds is 7. The third-order valence-electron chi connectivity index (χ3n) is 1.97. The van der Waals surface area contributed by atoms with Gasteiger partial charge in [-0.25, -0.2) is 9.86 Å². The number of methoxy groups -OCH3 is 1. The summed E-state index contributed by atoms with van der Waals surface area (Å²) in [5.74, 6) is -0.532. The van der Waals surface area contributed by atoms with E-state index in [1.807, 2.05) is 6.92 Å². The van der Waals surface area contributed by atoms with Crippen molar-refractivity contribution in [1.29, 1.82) is 0 Å². The Balaban J connectivity index is 4.04. The van der Waals surface area contributed by atoms with E-state index in [1.54, 1.807) is 0 Å². The Labute approximate surface area is 96.0 Å². The van der Waals surface area contributed by atoms with Gasteiger partial charge in [-0.3, -0.25) is 9.63 Å². The first-order valence-corrected chi connectivity index (χ1v) is 5.24. The van der Waals surface area contributed by atoms with Crippen LogP contribution in [0.4, 0.5) is 0 Å². The van der Waals surface area contributed by atoms with Gasteiger partial charge in [-0.1, -0.05) is 19.4 Å². The van der Waals surface area contributed by atoms with Crippen LogP contribution in [-0.4, -0.2) is 37.7 Å². The van der Waals surface area contributed by atoms with Crippen LogP contribution in [0.15, 0.2) is 12.2 Å². The van der Waals surface area contributed by atoms with E-state index in [4.69, 9.17) is 4.84 Å². The van der Waals surface area contributed by atoms with Crippen molar-refractivity contribution in [3.05, 3.63) is 12.2 Å². The molecule has 92 valence electrons. The van der Waals surface area contributed by atoms with Gasteiger partial charge in [-0.2, -0.15) is 0 Å². The van der Waals surface area contributed by atoms with E-state index in [9.17, 15) is 9.59 Å². The highest BCUT2D eigenvalue weighted by Gasteiger charge is 2.10. The Morgan fingerprint density at radius 2 is 2.00 bits per heavy atom. The average Bonchev–Trinajstić information content (AvgIpc) is 2.31. The molecule has 0 aromatic carbocycles. The number of nitrogens with zero attached hydrogens (tertiary/aromatic N) is 1. The third-order valence-corrected chi connectivity index (χ3v) is 1.97. The standard InChI is InChI=1S/C11H19NO4/c1-4-5-7-10(13)12(16-3)9-6-8-11(14)15-2/h6,8H,4-5,7,9H2,1-3H3/b8-6+. The highest BCUT2D eigenvalue weighted by atomic mass is 16.7. The molecule has 0 N–H and O–H groups in total. The van der Waals surface area contributed by atoms with Gasteiger partial charge >= 0.3 is 5.97 Å². The summed E-state index contributed by atoms with van der Waals surface area (Å²) in [4.78, 5) is 27.2. The maximum atomic E-state index is 11.5. The van der Waals surface area contributed by atoms with Gasteiger partial charge in [0.2, 0.25) is 5.91 Å². The van der Waals surface area contributed by atoms with Gasteiger partial charge in [0.25, 0.3) is 0 Å². The van der Waals surface area contributed by atoms with Crippen molar-refractivity contribution in [2.45, 2.75) is 26.2 Å². The summed E-state index contributed by atoms with van der Waals surface area (Å²) in [6.07, 6.45) is 5.04. The summed E-state index contributed by atoms with van der Waals surface area (Å²) in [5, 5.41) is 1.22. The molecule has 16 heavy (non-hydrogen) atoms. The minimum Gasteiger partial charge on any atom is -0.466 e. The lowest BCUT2D eigenvalue weighted by Crippen LogP contribution is -2.29. The molecule has 0 bridgehead atoms. The highest BCUT2D eigenvalue weighted by Crippen LogP contribution is 2.01. The van der Waals surface area contributed by atoms with Crippen molar-refractivity contribution >= 4 is 11.9 Å². The fraction of sp³-hybridized carbons (Fsp3) is 0.636. The van der Waals surface area contributed by atoms with Crippen LogP contribution in [0.2, 0.25) is 0 Å². The quantitative estimate of drug-likeness (QED) is 0.375. The smallest absolute Gasteiger partial charge is 0.330 e. The summed E-state index contributed by atoms with van der Waals surface area (Å²) in [5.41, 5.74) is 0. The molecule has 0 rings (SSSR count). The van der Waals surface area contributed by atoms with E-state index in [0.717, 1.165) is 12.8 Å². The monoisotopic (exact) mass is 229 g/mol. The van der Waals surface area contributed by atoms with Crippen molar-refractivity contribution in [2.24, 2.45) is 0 Å². The number of carbonyl (C=O) groups excluding carboxylic acids is 2. The van der Waals surface area contributed by atoms with Crippen molar-refractivity contribution in [1.82, 2.24) is 5.06 Å². The first kappa shape index (κ1) is 14.6. The zero-order chi connectivity index (χ0) is 12.4. The summed E-state index contributed by atoms with van der Waals surface area (Å²) in [7, 11) is 2.73. The summed E-state index contributed by atoms with van der Waals surface area (Å²) >= 11 is 0. The molecule has 0 spiro atoms. The van der Waals surface area contributed by atoms with E-state index in [-0.39, 0.29) is 12.5 Å². The molecule has 0 aliphatic rings. The Hall–Kier alpha value is -1.36. The lowest BCUT2D eigenvalue weighted by atomic mass is 10.2. The first-order chi connectivity index (χ1) is 7.65. The van der Waals surface area contributed by atoms with E-state index in [0.29, 0.717) is 6.42 Å². The van der Waals surface area contributed by atoms with E-state index in [1.165, 1.54) is 31.4 Å². The van der Waals surface area contributed by atoms with Gasteiger partial charge in [0.15, 0.2) is 0 Å². The van der Waals surface area contributed by atoms with Crippen LogP contribution in [0.25, 0.3) is 0 Å². The second-order valence-corrected chi connectivity index (χ2v) is 3.17. The normalized spacial score (nSPS) is 10.4. The predicted molar refractivity (Wildman–Crippen MR) is 59.4 cm³/mol.